The largest absolute Gasteiger partial charge is 0.465 e. The molecule has 4 heteroatoms. The highest BCUT2D eigenvalue weighted by Gasteiger charge is 2.57. The van der Waals surface area contributed by atoms with Gasteiger partial charge in [-0.3, -0.25) is 14.4 Å². The molecule has 2 fully saturated rings. The lowest BCUT2D eigenvalue weighted by molar-refractivity contribution is -0.145. The van der Waals surface area contributed by atoms with Gasteiger partial charge in [-0.25, -0.2) is 0 Å². The molecule has 0 amide bonds. The number of allylic oxidation sites excluding steroid dienone is 3. The van der Waals surface area contributed by atoms with E-state index in [0.29, 0.717) is 37.1 Å². The maximum Gasteiger partial charge on any atom is 0.302 e. The molecule has 0 unspecified atom stereocenters. The number of carbonyl (C=O) groups is 3. The molecule has 0 saturated heterocycles. The van der Waals surface area contributed by atoms with Crippen LogP contribution in [0, 0.1) is 22.7 Å². The minimum atomic E-state index is -0.265. The fraction of sp³-hybridized carbons (Fsp3) is 0.667. The summed E-state index contributed by atoms with van der Waals surface area (Å²) >= 11 is 0. The van der Waals surface area contributed by atoms with E-state index in [1.54, 1.807) is 6.08 Å². The summed E-state index contributed by atoms with van der Waals surface area (Å²) in [5, 5.41) is 0. The molecule has 0 spiro atoms. The second kappa shape index (κ2) is 5.65. The zero-order chi connectivity index (χ0) is 17.8. The third-order valence-corrected chi connectivity index (χ3v) is 7.37. The van der Waals surface area contributed by atoms with E-state index < -0.39 is 0 Å². The van der Waals surface area contributed by atoms with Crippen molar-refractivity contribution in [2.45, 2.75) is 58.8 Å². The number of carbonyl (C=O) groups excluding carboxylic acids is 3. The van der Waals surface area contributed by atoms with Crippen molar-refractivity contribution in [3.63, 3.8) is 0 Å². The van der Waals surface area contributed by atoms with Crippen molar-refractivity contribution in [1.29, 1.82) is 0 Å². The fourth-order valence-electron chi connectivity index (χ4n) is 5.96. The summed E-state index contributed by atoms with van der Waals surface area (Å²) in [6.45, 7) is 3.94. The van der Waals surface area contributed by atoms with Crippen LogP contribution in [-0.2, 0) is 19.1 Å². The number of ether oxygens (including phenoxy) is 1. The van der Waals surface area contributed by atoms with Crippen molar-refractivity contribution in [2.75, 3.05) is 6.61 Å². The highest BCUT2D eigenvalue weighted by atomic mass is 16.5. The average molecular weight is 342 g/mol. The van der Waals surface area contributed by atoms with Crippen molar-refractivity contribution < 1.29 is 19.1 Å². The standard InChI is InChI=1S/C21H26O4/c1-13(22)25-12-21-10-7-15(23)11-14(21)3-4-16-17-5-6-19(24)20(17,2)9-8-18(16)21/h4,11,17-18H,3,5-10,12H2,1-2H3/t17-,18-,20-,21+/m0/s1. The van der Waals surface area contributed by atoms with Crippen LogP contribution in [0.25, 0.3) is 0 Å². The van der Waals surface area contributed by atoms with Crippen LogP contribution in [0.5, 0.6) is 0 Å². The van der Waals surface area contributed by atoms with E-state index in [0.717, 1.165) is 37.7 Å². The lowest BCUT2D eigenvalue weighted by Gasteiger charge is -2.53. The van der Waals surface area contributed by atoms with Gasteiger partial charge in [-0.05, 0) is 50.0 Å². The number of Topliss-reactive ketones (excluding diaryl/α,β-unsaturated/α-hetero) is 1. The van der Waals surface area contributed by atoms with E-state index >= 15 is 0 Å². The van der Waals surface area contributed by atoms with Gasteiger partial charge in [0.05, 0.1) is 0 Å². The van der Waals surface area contributed by atoms with Gasteiger partial charge in [0, 0.05) is 30.6 Å². The normalized spacial score (nSPS) is 39.8. The van der Waals surface area contributed by atoms with Crippen molar-refractivity contribution in [3.8, 4) is 0 Å². The van der Waals surface area contributed by atoms with Crippen LogP contribution in [0.15, 0.2) is 23.3 Å². The van der Waals surface area contributed by atoms with Crippen molar-refractivity contribution in [2.24, 2.45) is 22.7 Å². The summed E-state index contributed by atoms with van der Waals surface area (Å²) in [5.74, 6) is 0.947. The van der Waals surface area contributed by atoms with E-state index in [2.05, 4.69) is 13.0 Å². The molecule has 4 aliphatic carbocycles. The summed E-state index contributed by atoms with van der Waals surface area (Å²) in [6.07, 6.45) is 9.58. The zero-order valence-electron chi connectivity index (χ0n) is 15.1. The lowest BCUT2D eigenvalue weighted by atomic mass is 9.50. The lowest BCUT2D eigenvalue weighted by Crippen LogP contribution is -2.49. The topological polar surface area (TPSA) is 60.4 Å². The minimum Gasteiger partial charge on any atom is -0.465 e. The maximum absolute atomic E-state index is 12.5. The molecule has 4 atom stereocenters. The monoisotopic (exact) mass is 342 g/mol. The maximum atomic E-state index is 12.5. The Bertz CT molecular complexity index is 715. The summed E-state index contributed by atoms with van der Waals surface area (Å²) < 4.78 is 5.50. The van der Waals surface area contributed by atoms with Gasteiger partial charge in [0.15, 0.2) is 5.78 Å². The van der Waals surface area contributed by atoms with E-state index in [1.165, 1.54) is 12.5 Å². The molecule has 25 heavy (non-hydrogen) atoms. The smallest absolute Gasteiger partial charge is 0.302 e. The molecule has 4 rings (SSSR count). The predicted octanol–water partition coefficient (Wildman–Crippen LogP) is 3.55. The summed E-state index contributed by atoms with van der Waals surface area (Å²) in [7, 11) is 0. The third kappa shape index (κ3) is 2.37. The molecule has 0 radical (unpaired) electrons. The van der Waals surface area contributed by atoms with Crippen molar-refractivity contribution in [1.82, 2.24) is 0 Å². The van der Waals surface area contributed by atoms with Crippen LogP contribution in [0.1, 0.15) is 58.8 Å². The van der Waals surface area contributed by atoms with Crippen LogP contribution in [0.2, 0.25) is 0 Å². The Hall–Kier alpha value is -1.71. The number of hydrogen-bond acceptors (Lipinski definition) is 4. The molecule has 4 aliphatic rings. The van der Waals surface area contributed by atoms with Gasteiger partial charge < -0.3 is 4.74 Å². The Labute approximate surface area is 148 Å². The summed E-state index contributed by atoms with van der Waals surface area (Å²) in [6, 6.07) is 0. The average Bonchev–Trinajstić information content (AvgIpc) is 2.88. The number of esters is 1. The SMILES string of the molecule is CC(=O)OC[C@]12CCC(=O)C=C1CC=C1[C@@H]2CC[C@]2(C)C(=O)CC[C@@H]12. The van der Waals surface area contributed by atoms with Crippen LogP contribution >= 0.6 is 0 Å². The van der Waals surface area contributed by atoms with E-state index in [9.17, 15) is 14.4 Å². The summed E-state index contributed by atoms with van der Waals surface area (Å²) in [4.78, 5) is 35.9. The molecular formula is C21H26O4. The van der Waals surface area contributed by atoms with Crippen LogP contribution in [0.3, 0.4) is 0 Å². The molecule has 0 N–H and O–H groups in total. The molecule has 4 nitrogen and oxygen atoms in total. The van der Waals surface area contributed by atoms with Crippen LogP contribution in [-0.4, -0.2) is 24.1 Å². The van der Waals surface area contributed by atoms with Crippen molar-refractivity contribution in [3.05, 3.63) is 23.3 Å². The Morgan fingerprint density at radius 3 is 2.76 bits per heavy atom. The molecule has 0 heterocycles. The van der Waals surface area contributed by atoms with E-state index in [1.807, 2.05) is 0 Å². The Morgan fingerprint density at radius 1 is 1.20 bits per heavy atom. The minimum absolute atomic E-state index is 0.182. The second-order valence-corrected chi connectivity index (χ2v) is 8.50. The van der Waals surface area contributed by atoms with E-state index in [-0.39, 0.29) is 22.6 Å². The van der Waals surface area contributed by atoms with Crippen LogP contribution < -0.4 is 0 Å². The van der Waals surface area contributed by atoms with Crippen molar-refractivity contribution >= 4 is 17.5 Å². The van der Waals surface area contributed by atoms with Gasteiger partial charge in [-0.2, -0.15) is 0 Å². The molecular weight excluding hydrogens is 316 g/mol. The third-order valence-electron chi connectivity index (χ3n) is 7.37. The van der Waals surface area contributed by atoms with Crippen LogP contribution in [0.4, 0.5) is 0 Å². The second-order valence-electron chi connectivity index (χ2n) is 8.50. The van der Waals surface area contributed by atoms with Gasteiger partial charge in [0.25, 0.3) is 0 Å². The predicted molar refractivity (Wildman–Crippen MR) is 92.7 cm³/mol. The highest BCUT2D eigenvalue weighted by Crippen LogP contribution is 2.62. The first-order chi connectivity index (χ1) is 11.9. The first-order valence-electron chi connectivity index (χ1n) is 9.47. The first kappa shape index (κ1) is 16.7. The molecule has 0 aromatic heterocycles. The Kier molecular flexibility index (Phi) is 3.78. The van der Waals surface area contributed by atoms with Gasteiger partial charge in [-0.15, -0.1) is 0 Å². The Morgan fingerprint density at radius 2 is 2.00 bits per heavy atom. The molecule has 0 aliphatic heterocycles. The van der Waals surface area contributed by atoms with Gasteiger partial charge >= 0.3 is 5.97 Å². The van der Waals surface area contributed by atoms with E-state index in [4.69, 9.17) is 4.74 Å². The summed E-state index contributed by atoms with van der Waals surface area (Å²) in [5.41, 5.74) is 2.08. The Balaban J connectivity index is 1.75. The molecule has 2 saturated carbocycles. The number of ketones is 2. The quantitative estimate of drug-likeness (QED) is 0.569. The van der Waals surface area contributed by atoms with Gasteiger partial charge in [-0.1, -0.05) is 24.1 Å². The van der Waals surface area contributed by atoms with Gasteiger partial charge in [0.2, 0.25) is 0 Å². The number of rotatable bonds is 2. The zero-order valence-corrected chi connectivity index (χ0v) is 15.1. The number of hydrogen-bond donors (Lipinski definition) is 0. The molecule has 0 bridgehead atoms. The molecule has 0 aromatic rings. The van der Waals surface area contributed by atoms with Gasteiger partial charge in [0.1, 0.15) is 12.4 Å². The molecule has 0 aromatic carbocycles. The highest BCUT2D eigenvalue weighted by molar-refractivity contribution is 5.92. The molecule has 134 valence electrons. The fourth-order valence-corrected chi connectivity index (χ4v) is 5.96. The first-order valence-corrected chi connectivity index (χ1v) is 9.47. The number of fused-ring (bicyclic) bond motifs is 5.